The molecule has 0 bridgehead atoms. The van der Waals surface area contributed by atoms with E-state index in [1.54, 1.807) is 11.2 Å². The number of rotatable bonds is 3. The zero-order chi connectivity index (χ0) is 17.5. The lowest BCUT2D eigenvalue weighted by molar-refractivity contribution is 0.0532. The van der Waals surface area contributed by atoms with Gasteiger partial charge in [0.1, 0.15) is 0 Å². The van der Waals surface area contributed by atoms with E-state index in [0.717, 1.165) is 23.2 Å². The average molecular weight is 359 g/mol. The molecule has 132 valence electrons. The highest BCUT2D eigenvalue weighted by atomic mass is 32.2. The molecule has 3 heterocycles. The van der Waals surface area contributed by atoms with Gasteiger partial charge in [-0.3, -0.25) is 0 Å². The Labute approximate surface area is 147 Å². The standard InChI is InChI=1S/C18H21N3O3S/c1-2-25(22,23)21-9-8-18(12-21)13-24-11-15-10-19-17(20-16(15)18)14-6-4-3-5-7-14/h3-7,10H,2,8-9,11-13H2,1H3. The lowest BCUT2D eigenvalue weighted by atomic mass is 9.80. The summed E-state index contributed by atoms with van der Waals surface area (Å²) in [7, 11) is -3.20. The molecule has 0 radical (unpaired) electrons. The van der Waals surface area contributed by atoms with Gasteiger partial charge in [-0.05, 0) is 13.3 Å². The maximum Gasteiger partial charge on any atom is 0.213 e. The topological polar surface area (TPSA) is 72.4 Å². The van der Waals surface area contributed by atoms with Crippen molar-refractivity contribution in [3.63, 3.8) is 0 Å². The minimum atomic E-state index is -3.20. The fourth-order valence-electron chi connectivity index (χ4n) is 3.69. The fraction of sp³-hybridized carbons (Fsp3) is 0.444. The van der Waals surface area contributed by atoms with Gasteiger partial charge in [0.05, 0.1) is 30.1 Å². The molecule has 25 heavy (non-hydrogen) atoms. The van der Waals surface area contributed by atoms with Crippen LogP contribution in [0.4, 0.5) is 0 Å². The van der Waals surface area contributed by atoms with Crippen LogP contribution >= 0.6 is 0 Å². The Bertz CT molecular complexity index is 886. The van der Waals surface area contributed by atoms with E-state index in [0.29, 0.717) is 32.1 Å². The molecule has 0 N–H and O–H groups in total. The first-order valence-electron chi connectivity index (χ1n) is 8.51. The molecule has 1 aromatic heterocycles. The van der Waals surface area contributed by atoms with Crippen LogP contribution in [0.2, 0.25) is 0 Å². The van der Waals surface area contributed by atoms with Gasteiger partial charge in [0.25, 0.3) is 0 Å². The molecule has 1 spiro atoms. The highest BCUT2D eigenvalue weighted by Gasteiger charge is 2.47. The fourth-order valence-corrected chi connectivity index (χ4v) is 4.87. The van der Waals surface area contributed by atoms with Crippen molar-refractivity contribution in [2.45, 2.75) is 25.4 Å². The zero-order valence-electron chi connectivity index (χ0n) is 14.2. The highest BCUT2D eigenvalue weighted by Crippen LogP contribution is 2.40. The minimum Gasteiger partial charge on any atom is -0.376 e. The number of nitrogens with zero attached hydrogens (tertiary/aromatic N) is 3. The van der Waals surface area contributed by atoms with Gasteiger partial charge >= 0.3 is 0 Å². The molecular weight excluding hydrogens is 338 g/mol. The first kappa shape index (κ1) is 16.6. The minimum absolute atomic E-state index is 0.121. The summed E-state index contributed by atoms with van der Waals surface area (Å²) in [5, 5.41) is 0. The van der Waals surface area contributed by atoms with Crippen molar-refractivity contribution in [3.8, 4) is 11.4 Å². The molecular formula is C18H21N3O3S. The van der Waals surface area contributed by atoms with Crippen LogP contribution in [0.5, 0.6) is 0 Å². The number of benzene rings is 1. The summed E-state index contributed by atoms with van der Waals surface area (Å²) < 4.78 is 31.9. The third-order valence-corrected chi connectivity index (χ3v) is 6.94. The van der Waals surface area contributed by atoms with E-state index >= 15 is 0 Å². The predicted molar refractivity (Wildman–Crippen MR) is 94.5 cm³/mol. The Kier molecular flexibility index (Phi) is 4.10. The van der Waals surface area contributed by atoms with Crippen molar-refractivity contribution in [2.24, 2.45) is 0 Å². The molecule has 7 heteroatoms. The number of hydrogen-bond donors (Lipinski definition) is 0. The summed E-state index contributed by atoms with van der Waals surface area (Å²) in [6.07, 6.45) is 2.55. The van der Waals surface area contributed by atoms with Gasteiger partial charge < -0.3 is 4.74 Å². The number of hydrogen-bond acceptors (Lipinski definition) is 5. The Morgan fingerprint density at radius 2 is 2.08 bits per heavy atom. The molecule has 1 aromatic carbocycles. The van der Waals surface area contributed by atoms with Crippen molar-refractivity contribution in [1.82, 2.24) is 14.3 Å². The maximum absolute atomic E-state index is 12.3. The zero-order valence-corrected chi connectivity index (χ0v) is 15.0. The van der Waals surface area contributed by atoms with Crippen LogP contribution < -0.4 is 0 Å². The average Bonchev–Trinajstić information content (AvgIpc) is 3.08. The quantitative estimate of drug-likeness (QED) is 0.838. The van der Waals surface area contributed by atoms with E-state index in [1.165, 1.54) is 0 Å². The Hall–Kier alpha value is -1.83. The second-order valence-electron chi connectivity index (χ2n) is 6.69. The summed E-state index contributed by atoms with van der Waals surface area (Å²) in [5.74, 6) is 0.799. The van der Waals surface area contributed by atoms with Crippen LogP contribution in [-0.4, -0.2) is 48.1 Å². The summed E-state index contributed by atoms with van der Waals surface area (Å²) >= 11 is 0. The van der Waals surface area contributed by atoms with Crippen molar-refractivity contribution < 1.29 is 13.2 Å². The highest BCUT2D eigenvalue weighted by molar-refractivity contribution is 7.89. The monoisotopic (exact) mass is 359 g/mol. The normalized spacial score (nSPS) is 23.7. The molecule has 0 saturated carbocycles. The molecule has 1 atom stereocenters. The lowest BCUT2D eigenvalue weighted by Crippen LogP contribution is -2.42. The second-order valence-corrected chi connectivity index (χ2v) is 8.95. The van der Waals surface area contributed by atoms with Gasteiger partial charge in [0, 0.05) is 30.4 Å². The van der Waals surface area contributed by atoms with Gasteiger partial charge in [-0.1, -0.05) is 30.3 Å². The molecule has 2 aliphatic rings. The van der Waals surface area contributed by atoms with Crippen LogP contribution in [-0.2, 0) is 26.8 Å². The SMILES string of the molecule is CCS(=O)(=O)N1CCC2(COCc3cnc(-c4ccccc4)nc32)C1. The number of sulfonamides is 1. The maximum atomic E-state index is 12.3. The van der Waals surface area contributed by atoms with E-state index < -0.39 is 10.0 Å². The smallest absolute Gasteiger partial charge is 0.213 e. The third kappa shape index (κ3) is 2.86. The summed E-state index contributed by atoms with van der Waals surface area (Å²) in [4.78, 5) is 9.33. The molecule has 0 aliphatic carbocycles. The largest absolute Gasteiger partial charge is 0.376 e. The van der Waals surface area contributed by atoms with E-state index in [2.05, 4.69) is 4.98 Å². The Morgan fingerprint density at radius 1 is 1.28 bits per heavy atom. The molecule has 6 nitrogen and oxygen atoms in total. The van der Waals surface area contributed by atoms with E-state index in [1.807, 2.05) is 36.5 Å². The Balaban J connectivity index is 1.75. The molecule has 4 rings (SSSR count). The van der Waals surface area contributed by atoms with Crippen molar-refractivity contribution >= 4 is 10.0 Å². The van der Waals surface area contributed by atoms with Gasteiger partial charge in [-0.2, -0.15) is 0 Å². The lowest BCUT2D eigenvalue weighted by Gasteiger charge is -2.34. The van der Waals surface area contributed by atoms with Crippen molar-refractivity contribution in [1.29, 1.82) is 0 Å². The molecule has 2 aliphatic heterocycles. The molecule has 1 unspecified atom stereocenters. The summed E-state index contributed by atoms with van der Waals surface area (Å²) in [6, 6.07) is 9.85. The van der Waals surface area contributed by atoms with Crippen molar-refractivity contribution in [2.75, 3.05) is 25.4 Å². The van der Waals surface area contributed by atoms with Crippen LogP contribution in [0.15, 0.2) is 36.5 Å². The Morgan fingerprint density at radius 3 is 2.84 bits per heavy atom. The van der Waals surface area contributed by atoms with Crippen molar-refractivity contribution in [3.05, 3.63) is 47.8 Å². The number of aromatic nitrogens is 2. The number of fused-ring (bicyclic) bond motifs is 2. The van der Waals surface area contributed by atoms with E-state index in [9.17, 15) is 8.42 Å². The molecule has 1 fully saturated rings. The third-order valence-electron chi connectivity index (χ3n) is 5.11. The molecule has 2 aromatic rings. The van der Waals surface area contributed by atoms with Crippen LogP contribution in [0.25, 0.3) is 11.4 Å². The predicted octanol–water partition coefficient (Wildman–Crippen LogP) is 1.97. The van der Waals surface area contributed by atoms with E-state index in [-0.39, 0.29) is 11.2 Å². The van der Waals surface area contributed by atoms with Gasteiger partial charge in [-0.15, -0.1) is 0 Å². The van der Waals surface area contributed by atoms with Gasteiger partial charge in [-0.25, -0.2) is 22.7 Å². The van der Waals surface area contributed by atoms with Crippen LogP contribution in [0.1, 0.15) is 24.6 Å². The molecule has 0 amide bonds. The van der Waals surface area contributed by atoms with Gasteiger partial charge in [0.2, 0.25) is 10.0 Å². The van der Waals surface area contributed by atoms with Crippen LogP contribution in [0.3, 0.4) is 0 Å². The molecule has 1 saturated heterocycles. The van der Waals surface area contributed by atoms with E-state index in [4.69, 9.17) is 9.72 Å². The first-order chi connectivity index (χ1) is 12.0. The number of ether oxygens (including phenoxy) is 1. The summed E-state index contributed by atoms with van der Waals surface area (Å²) in [5.41, 5.74) is 2.49. The first-order valence-corrected chi connectivity index (χ1v) is 10.1. The second kappa shape index (κ2) is 6.16. The van der Waals surface area contributed by atoms with Gasteiger partial charge in [0.15, 0.2) is 5.82 Å². The van der Waals surface area contributed by atoms with Crippen LogP contribution in [0, 0.1) is 0 Å². The summed E-state index contributed by atoms with van der Waals surface area (Å²) in [6.45, 7) is 3.61.